The van der Waals surface area contributed by atoms with Crippen LogP contribution < -0.4 is 11.1 Å². The molecule has 0 radical (unpaired) electrons. The van der Waals surface area contributed by atoms with Crippen LogP contribution in [0.5, 0.6) is 0 Å². The first-order valence-electron chi connectivity index (χ1n) is 5.05. The Hall–Kier alpha value is -2.04. The highest BCUT2D eigenvalue weighted by Crippen LogP contribution is 2.19. The minimum atomic E-state index is 0.0322. The third kappa shape index (κ3) is 2.31. The van der Waals surface area contributed by atoms with Crippen LogP contribution in [0, 0.1) is 6.92 Å². The van der Waals surface area contributed by atoms with Crippen LogP contribution >= 0.6 is 0 Å². The number of aromatic nitrogens is 2. The lowest BCUT2D eigenvalue weighted by molar-refractivity contribution is 0.466. The number of aryl methyl sites for hydroxylation is 1. The van der Waals surface area contributed by atoms with Crippen molar-refractivity contribution in [1.82, 2.24) is 9.97 Å². The lowest BCUT2D eigenvalue weighted by Gasteiger charge is -2.11. The topological polar surface area (TPSA) is 77.0 Å². The second-order valence-corrected chi connectivity index (χ2v) is 3.64. The Morgan fingerprint density at radius 3 is 2.81 bits per heavy atom. The van der Waals surface area contributed by atoms with E-state index in [0.717, 1.165) is 11.5 Å². The first-order valence-corrected chi connectivity index (χ1v) is 5.05. The number of nitrogens with zero attached hydrogens (tertiary/aromatic N) is 2. The second kappa shape index (κ2) is 4.22. The van der Waals surface area contributed by atoms with E-state index in [0.29, 0.717) is 11.6 Å². The molecule has 0 aliphatic carbocycles. The first kappa shape index (κ1) is 10.5. The smallest absolute Gasteiger partial charge is 0.147 e. The molecule has 3 N–H and O–H groups in total. The number of furan rings is 1. The standard InChI is InChI=1S/C11H14N4O/c1-7-3-4-9(16-7)8(2)14-11-6-13-5-10(12)15-11/h3-6,8H,1-2H3,(H3,12,14,15). The van der Waals surface area contributed by atoms with E-state index < -0.39 is 0 Å². The van der Waals surface area contributed by atoms with E-state index in [9.17, 15) is 0 Å². The molecule has 0 spiro atoms. The number of hydrogen-bond donors (Lipinski definition) is 2. The van der Waals surface area contributed by atoms with E-state index in [4.69, 9.17) is 10.2 Å². The molecule has 84 valence electrons. The summed E-state index contributed by atoms with van der Waals surface area (Å²) in [6.07, 6.45) is 3.13. The Balaban J connectivity index is 2.10. The lowest BCUT2D eigenvalue weighted by Crippen LogP contribution is -2.08. The lowest BCUT2D eigenvalue weighted by atomic mass is 10.2. The fourth-order valence-electron chi connectivity index (χ4n) is 1.43. The molecule has 0 aliphatic rings. The molecule has 1 atom stereocenters. The van der Waals surface area contributed by atoms with Gasteiger partial charge in [-0.05, 0) is 26.0 Å². The molecule has 0 saturated carbocycles. The molecule has 2 aromatic rings. The normalized spacial score (nSPS) is 12.4. The summed E-state index contributed by atoms with van der Waals surface area (Å²) in [4.78, 5) is 8.06. The van der Waals surface area contributed by atoms with Gasteiger partial charge in [0.25, 0.3) is 0 Å². The molecule has 0 saturated heterocycles. The van der Waals surface area contributed by atoms with Gasteiger partial charge in [-0.1, -0.05) is 0 Å². The number of rotatable bonds is 3. The SMILES string of the molecule is Cc1ccc(C(C)Nc2cncc(N)n2)o1. The van der Waals surface area contributed by atoms with Gasteiger partial charge >= 0.3 is 0 Å². The summed E-state index contributed by atoms with van der Waals surface area (Å²) < 4.78 is 5.51. The van der Waals surface area contributed by atoms with Crippen LogP contribution in [0.25, 0.3) is 0 Å². The Kier molecular flexibility index (Phi) is 2.76. The molecule has 0 amide bonds. The molecule has 0 aromatic carbocycles. The van der Waals surface area contributed by atoms with Gasteiger partial charge in [-0.3, -0.25) is 4.98 Å². The van der Waals surface area contributed by atoms with Crippen molar-refractivity contribution in [2.45, 2.75) is 19.9 Å². The number of nitrogens with two attached hydrogens (primary N) is 1. The first-order chi connectivity index (χ1) is 7.65. The molecule has 0 bridgehead atoms. The van der Waals surface area contributed by atoms with Crippen molar-refractivity contribution >= 4 is 11.6 Å². The highest BCUT2D eigenvalue weighted by atomic mass is 16.3. The minimum absolute atomic E-state index is 0.0322. The van der Waals surface area contributed by atoms with Gasteiger partial charge < -0.3 is 15.5 Å². The third-order valence-corrected chi connectivity index (χ3v) is 2.21. The summed E-state index contributed by atoms with van der Waals surface area (Å²) in [6, 6.07) is 3.90. The number of hydrogen-bond acceptors (Lipinski definition) is 5. The summed E-state index contributed by atoms with van der Waals surface area (Å²) in [5.74, 6) is 2.79. The van der Waals surface area contributed by atoms with Crippen LogP contribution in [0.15, 0.2) is 28.9 Å². The highest BCUT2D eigenvalue weighted by molar-refractivity contribution is 5.39. The minimum Gasteiger partial charge on any atom is -0.464 e. The van der Waals surface area contributed by atoms with E-state index in [-0.39, 0.29) is 6.04 Å². The molecule has 2 heterocycles. The van der Waals surface area contributed by atoms with Gasteiger partial charge in [-0.15, -0.1) is 0 Å². The molecule has 2 aromatic heterocycles. The Bertz CT molecular complexity index is 480. The summed E-state index contributed by atoms with van der Waals surface area (Å²) in [6.45, 7) is 3.90. The van der Waals surface area contributed by atoms with Crippen molar-refractivity contribution in [2.75, 3.05) is 11.1 Å². The van der Waals surface area contributed by atoms with Crippen LogP contribution in [0.2, 0.25) is 0 Å². The summed E-state index contributed by atoms with van der Waals surface area (Å²) >= 11 is 0. The van der Waals surface area contributed by atoms with Gasteiger partial charge in [-0.25, -0.2) is 4.98 Å². The maximum Gasteiger partial charge on any atom is 0.147 e. The molecule has 5 nitrogen and oxygen atoms in total. The monoisotopic (exact) mass is 218 g/mol. The predicted molar refractivity (Wildman–Crippen MR) is 61.9 cm³/mol. The summed E-state index contributed by atoms with van der Waals surface area (Å²) in [7, 11) is 0. The van der Waals surface area contributed by atoms with E-state index in [1.54, 1.807) is 6.20 Å². The number of nitrogen functional groups attached to an aromatic ring is 1. The van der Waals surface area contributed by atoms with Crippen molar-refractivity contribution in [3.05, 3.63) is 36.0 Å². The van der Waals surface area contributed by atoms with E-state index in [1.807, 2.05) is 26.0 Å². The molecular weight excluding hydrogens is 204 g/mol. The van der Waals surface area contributed by atoms with Crippen LogP contribution in [-0.2, 0) is 0 Å². The van der Waals surface area contributed by atoms with Gasteiger partial charge in [-0.2, -0.15) is 0 Å². The predicted octanol–water partition coefficient (Wildman–Crippen LogP) is 2.13. The zero-order valence-corrected chi connectivity index (χ0v) is 9.27. The van der Waals surface area contributed by atoms with Crippen LogP contribution in [0.3, 0.4) is 0 Å². The van der Waals surface area contributed by atoms with Gasteiger partial charge in [0.15, 0.2) is 0 Å². The van der Waals surface area contributed by atoms with Crippen molar-refractivity contribution in [2.24, 2.45) is 0 Å². The average Bonchev–Trinajstić information content (AvgIpc) is 2.65. The van der Waals surface area contributed by atoms with Gasteiger partial charge in [0.2, 0.25) is 0 Å². The second-order valence-electron chi connectivity index (χ2n) is 3.64. The zero-order valence-electron chi connectivity index (χ0n) is 9.27. The van der Waals surface area contributed by atoms with Crippen LogP contribution in [-0.4, -0.2) is 9.97 Å². The van der Waals surface area contributed by atoms with Crippen molar-refractivity contribution in [1.29, 1.82) is 0 Å². The zero-order chi connectivity index (χ0) is 11.5. The highest BCUT2D eigenvalue weighted by Gasteiger charge is 2.09. The molecular formula is C11H14N4O. The largest absolute Gasteiger partial charge is 0.464 e. The van der Waals surface area contributed by atoms with Crippen molar-refractivity contribution < 1.29 is 4.42 Å². The molecule has 1 unspecified atom stereocenters. The fourth-order valence-corrected chi connectivity index (χ4v) is 1.43. The number of anilines is 2. The van der Waals surface area contributed by atoms with Crippen LogP contribution in [0.4, 0.5) is 11.6 Å². The fraction of sp³-hybridized carbons (Fsp3) is 0.273. The molecule has 16 heavy (non-hydrogen) atoms. The third-order valence-electron chi connectivity index (χ3n) is 2.21. The quantitative estimate of drug-likeness (QED) is 0.825. The van der Waals surface area contributed by atoms with Crippen molar-refractivity contribution in [3.8, 4) is 0 Å². The molecule has 2 rings (SSSR count). The maximum absolute atomic E-state index is 5.54. The van der Waals surface area contributed by atoms with Gasteiger partial charge in [0.1, 0.15) is 23.2 Å². The van der Waals surface area contributed by atoms with Gasteiger partial charge in [0, 0.05) is 0 Å². The molecule has 0 aliphatic heterocycles. The summed E-state index contributed by atoms with van der Waals surface area (Å²) in [5, 5.41) is 3.16. The Morgan fingerprint density at radius 2 is 2.19 bits per heavy atom. The number of nitrogens with one attached hydrogen (secondary N) is 1. The van der Waals surface area contributed by atoms with E-state index in [1.165, 1.54) is 6.20 Å². The summed E-state index contributed by atoms with van der Waals surface area (Å²) in [5.41, 5.74) is 5.54. The van der Waals surface area contributed by atoms with Crippen LogP contribution in [0.1, 0.15) is 24.5 Å². The molecule has 0 fully saturated rings. The Morgan fingerprint density at radius 1 is 1.38 bits per heavy atom. The van der Waals surface area contributed by atoms with E-state index >= 15 is 0 Å². The average molecular weight is 218 g/mol. The van der Waals surface area contributed by atoms with Gasteiger partial charge in [0.05, 0.1) is 18.4 Å². The molecule has 5 heteroatoms. The van der Waals surface area contributed by atoms with Crippen molar-refractivity contribution in [3.63, 3.8) is 0 Å². The Labute approximate surface area is 93.7 Å². The van der Waals surface area contributed by atoms with E-state index in [2.05, 4.69) is 15.3 Å². The maximum atomic E-state index is 5.54.